The van der Waals surface area contributed by atoms with Crippen molar-refractivity contribution in [3.05, 3.63) is 133 Å². The zero-order valence-electron chi connectivity index (χ0n) is 23.8. The number of hydrogen-bond donors (Lipinski definition) is 0. The van der Waals surface area contributed by atoms with Crippen LogP contribution in [0.2, 0.25) is 0 Å². The first-order chi connectivity index (χ1) is 20.0. The van der Waals surface area contributed by atoms with Gasteiger partial charge in [0.1, 0.15) is 11.2 Å². The second-order valence-electron chi connectivity index (χ2n) is 9.39. The van der Waals surface area contributed by atoms with Crippen molar-refractivity contribution >= 4 is 54.3 Å². The van der Waals surface area contributed by atoms with Gasteiger partial charge in [-0.25, -0.2) is 0 Å². The Bertz CT molecular complexity index is 2300. The minimum absolute atomic E-state index is 0.0767. The summed E-state index contributed by atoms with van der Waals surface area (Å²) in [4.78, 5) is 0. The van der Waals surface area contributed by atoms with E-state index >= 15 is 0 Å². The lowest BCUT2D eigenvalue weighted by molar-refractivity contribution is 0.672. The number of hydrogen-bond acceptors (Lipinski definition) is 1. The van der Waals surface area contributed by atoms with Crippen molar-refractivity contribution in [3.63, 3.8) is 0 Å². The number of furan rings is 1. The van der Waals surface area contributed by atoms with Gasteiger partial charge in [0.2, 0.25) is 0 Å². The second kappa shape index (κ2) is 7.81. The van der Waals surface area contributed by atoms with Gasteiger partial charge in [-0.15, -0.1) is 0 Å². The molecular formula is C36H22O. The second-order valence-corrected chi connectivity index (χ2v) is 9.39. The van der Waals surface area contributed by atoms with Gasteiger partial charge >= 0.3 is 0 Å². The molecule has 0 saturated heterocycles. The van der Waals surface area contributed by atoms with Crippen LogP contribution >= 0.6 is 0 Å². The lowest BCUT2D eigenvalue weighted by Crippen LogP contribution is -1.90. The predicted molar refractivity (Wildman–Crippen MR) is 157 cm³/mol. The molecule has 0 aliphatic heterocycles. The first-order valence-corrected chi connectivity index (χ1v) is 12.4. The Morgan fingerprint density at radius 3 is 1.76 bits per heavy atom. The highest BCUT2D eigenvalue weighted by atomic mass is 16.3. The molecule has 172 valence electrons. The maximum Gasteiger partial charge on any atom is 0.143 e. The molecule has 1 heteroatoms. The van der Waals surface area contributed by atoms with Crippen LogP contribution < -0.4 is 0 Å². The van der Waals surface area contributed by atoms with Gasteiger partial charge in [-0.1, -0.05) is 109 Å². The van der Waals surface area contributed by atoms with Gasteiger partial charge in [-0.2, -0.15) is 0 Å². The summed E-state index contributed by atoms with van der Waals surface area (Å²) in [6, 6.07) is 37.2. The van der Waals surface area contributed by atoms with Gasteiger partial charge in [0, 0.05) is 16.2 Å². The summed E-state index contributed by atoms with van der Waals surface area (Å²) in [5, 5.41) is 7.71. The third-order valence-electron chi connectivity index (χ3n) is 7.38. The van der Waals surface area contributed by atoms with Gasteiger partial charge in [0.15, 0.2) is 0 Å². The van der Waals surface area contributed by atoms with Crippen LogP contribution in [0.1, 0.15) is 5.48 Å². The number of benzene rings is 7. The molecule has 0 spiro atoms. The molecular weight excluding hydrogens is 448 g/mol. The van der Waals surface area contributed by atoms with E-state index in [1.54, 1.807) is 0 Å². The Kier molecular flexibility index (Phi) is 3.53. The predicted octanol–water partition coefficient (Wildman–Crippen LogP) is 10.4. The molecule has 7 aromatic carbocycles. The van der Waals surface area contributed by atoms with Gasteiger partial charge in [-0.3, -0.25) is 0 Å². The maximum absolute atomic E-state index is 8.46. The van der Waals surface area contributed by atoms with E-state index in [0.717, 1.165) is 16.3 Å². The monoisotopic (exact) mass is 474 g/mol. The molecule has 8 rings (SSSR count). The van der Waals surface area contributed by atoms with E-state index in [0.29, 0.717) is 16.4 Å². The molecule has 0 amide bonds. The zero-order valence-corrected chi connectivity index (χ0v) is 19.8. The van der Waals surface area contributed by atoms with Crippen LogP contribution in [0.5, 0.6) is 0 Å². The standard InChI is InChI=1S/C36H22O/c1-2-10-23(11-3-1)34-28-13-4-6-15-30(28)35(31-16-7-5-14-29(31)34)25-19-20-26-24(22-25)18-21-32-27-12-8-9-17-33(27)37-36(26)32/h1-22H/i8D,9D,12D,17D. The van der Waals surface area contributed by atoms with E-state index in [2.05, 4.69) is 84.9 Å². The Labute approximate surface area is 219 Å². The third-order valence-corrected chi connectivity index (χ3v) is 7.38. The number of fused-ring (bicyclic) bond motifs is 7. The van der Waals surface area contributed by atoms with E-state index < -0.39 is 0 Å². The molecule has 8 aromatic rings. The molecule has 1 heterocycles. The van der Waals surface area contributed by atoms with Crippen molar-refractivity contribution in [2.24, 2.45) is 0 Å². The van der Waals surface area contributed by atoms with Crippen LogP contribution in [0, 0.1) is 0 Å². The van der Waals surface area contributed by atoms with E-state index in [9.17, 15) is 0 Å². The number of para-hydroxylation sites is 1. The molecule has 1 aromatic heterocycles. The van der Waals surface area contributed by atoms with E-state index in [4.69, 9.17) is 9.90 Å². The van der Waals surface area contributed by atoms with E-state index in [1.807, 2.05) is 24.3 Å². The van der Waals surface area contributed by atoms with Gasteiger partial charge < -0.3 is 4.42 Å². The number of rotatable bonds is 2. The summed E-state index contributed by atoms with van der Waals surface area (Å²) < 4.78 is 39.2. The average molecular weight is 475 g/mol. The summed E-state index contributed by atoms with van der Waals surface area (Å²) in [6.45, 7) is 0. The molecule has 0 fully saturated rings. The topological polar surface area (TPSA) is 13.1 Å². The van der Waals surface area contributed by atoms with Crippen LogP contribution in [0.3, 0.4) is 0 Å². The van der Waals surface area contributed by atoms with Crippen LogP contribution in [-0.4, -0.2) is 0 Å². The highest BCUT2D eigenvalue weighted by molar-refractivity contribution is 6.22. The van der Waals surface area contributed by atoms with Crippen molar-refractivity contribution in [1.29, 1.82) is 0 Å². The molecule has 1 nitrogen and oxygen atoms in total. The Balaban J connectivity index is 1.44. The molecule has 0 aliphatic rings. The average Bonchev–Trinajstić information content (AvgIpc) is 3.42. The van der Waals surface area contributed by atoms with E-state index in [1.165, 1.54) is 38.2 Å². The fourth-order valence-corrected chi connectivity index (χ4v) is 5.79. The quantitative estimate of drug-likeness (QED) is 0.227. The van der Waals surface area contributed by atoms with Crippen molar-refractivity contribution in [1.82, 2.24) is 0 Å². The van der Waals surface area contributed by atoms with Gasteiger partial charge in [-0.05, 0) is 73.4 Å². The van der Waals surface area contributed by atoms with Gasteiger partial charge in [0.05, 0.1) is 5.48 Å². The SMILES string of the molecule is [2H]c1c([2H])c([2H])c2c(oc3c4ccc(-c5c6ccccc6c(-c6ccccc6)c6ccccc56)cc4ccc32)c1[2H]. The minimum atomic E-state index is -0.286. The molecule has 0 bridgehead atoms. The van der Waals surface area contributed by atoms with Crippen molar-refractivity contribution in [2.45, 2.75) is 0 Å². The Morgan fingerprint density at radius 1 is 0.459 bits per heavy atom. The molecule has 0 atom stereocenters. The fraction of sp³-hybridized carbons (Fsp3) is 0. The largest absolute Gasteiger partial charge is 0.455 e. The Morgan fingerprint density at radius 2 is 1.05 bits per heavy atom. The van der Waals surface area contributed by atoms with Crippen LogP contribution in [0.25, 0.3) is 76.5 Å². The van der Waals surface area contributed by atoms with Crippen molar-refractivity contribution < 1.29 is 9.90 Å². The molecule has 0 aliphatic carbocycles. The van der Waals surface area contributed by atoms with Gasteiger partial charge in [0.25, 0.3) is 0 Å². The lowest BCUT2D eigenvalue weighted by atomic mass is 9.85. The molecule has 0 unspecified atom stereocenters. The maximum atomic E-state index is 8.46. The first kappa shape index (κ1) is 16.7. The summed E-state index contributed by atoms with van der Waals surface area (Å²) in [6.07, 6.45) is 0. The summed E-state index contributed by atoms with van der Waals surface area (Å²) in [7, 11) is 0. The van der Waals surface area contributed by atoms with Crippen LogP contribution in [0.4, 0.5) is 0 Å². The summed E-state index contributed by atoms with van der Waals surface area (Å²) in [5.74, 6) is 0. The summed E-state index contributed by atoms with van der Waals surface area (Å²) in [5.41, 5.74) is 5.43. The molecule has 0 N–H and O–H groups in total. The van der Waals surface area contributed by atoms with Crippen molar-refractivity contribution in [3.8, 4) is 22.3 Å². The highest BCUT2D eigenvalue weighted by Crippen LogP contribution is 2.44. The van der Waals surface area contributed by atoms with E-state index in [-0.39, 0.29) is 29.8 Å². The van der Waals surface area contributed by atoms with Crippen LogP contribution in [0.15, 0.2) is 138 Å². The normalized spacial score (nSPS) is 13.3. The van der Waals surface area contributed by atoms with Crippen molar-refractivity contribution in [2.75, 3.05) is 0 Å². The molecule has 0 radical (unpaired) electrons. The first-order valence-electron chi connectivity index (χ1n) is 14.4. The molecule has 0 saturated carbocycles. The van der Waals surface area contributed by atoms with Crippen LogP contribution in [-0.2, 0) is 0 Å². The third kappa shape index (κ3) is 2.98. The minimum Gasteiger partial charge on any atom is -0.455 e. The summed E-state index contributed by atoms with van der Waals surface area (Å²) >= 11 is 0. The Hall–Kier alpha value is -4.88. The highest BCUT2D eigenvalue weighted by Gasteiger charge is 2.17. The zero-order chi connectivity index (χ0) is 27.8. The molecule has 37 heavy (non-hydrogen) atoms. The lowest BCUT2D eigenvalue weighted by Gasteiger charge is -2.18. The fourth-order valence-electron chi connectivity index (χ4n) is 5.79. The smallest absolute Gasteiger partial charge is 0.143 e.